The molecule has 0 unspecified atom stereocenters. The van der Waals surface area contributed by atoms with Gasteiger partial charge in [-0.15, -0.1) is 13.2 Å². The molecule has 1 fully saturated rings. The highest BCUT2D eigenvalue weighted by Gasteiger charge is 2.43. The first-order chi connectivity index (χ1) is 12.3. The molecule has 3 atom stereocenters. The highest BCUT2D eigenvalue weighted by Crippen LogP contribution is 2.39. The fourth-order valence-corrected chi connectivity index (χ4v) is 3.13. The van der Waals surface area contributed by atoms with Crippen LogP contribution in [0.4, 0.5) is 19.0 Å². The van der Waals surface area contributed by atoms with E-state index in [2.05, 4.69) is 9.72 Å². The van der Waals surface area contributed by atoms with Gasteiger partial charge in [0.2, 0.25) is 0 Å². The lowest BCUT2D eigenvalue weighted by Crippen LogP contribution is -2.36. The minimum Gasteiger partial charge on any atom is -0.440 e. The summed E-state index contributed by atoms with van der Waals surface area (Å²) < 4.78 is 53.6. The van der Waals surface area contributed by atoms with Crippen LogP contribution in [0.3, 0.4) is 0 Å². The fourth-order valence-electron chi connectivity index (χ4n) is 3.13. The number of imidazole rings is 1. The van der Waals surface area contributed by atoms with Crippen molar-refractivity contribution in [2.75, 3.05) is 0 Å². The number of nitro groups is 1. The molecule has 1 aromatic heterocycles. The van der Waals surface area contributed by atoms with Crippen molar-refractivity contribution in [2.45, 2.75) is 37.6 Å². The highest BCUT2D eigenvalue weighted by atomic mass is 19.4. The minimum atomic E-state index is -4.74. The summed E-state index contributed by atoms with van der Waals surface area (Å²) in [6.07, 6.45) is -4.01. The minimum absolute atomic E-state index is 0.163. The fraction of sp³-hybridized carbons (Fsp3) is 0.400. The van der Waals surface area contributed by atoms with Gasteiger partial charge in [0, 0.05) is 11.4 Å². The Morgan fingerprint density at radius 3 is 2.65 bits per heavy atom. The van der Waals surface area contributed by atoms with E-state index in [9.17, 15) is 23.3 Å². The number of hydrogen-bond donors (Lipinski definition) is 0. The molecule has 0 radical (unpaired) electrons. The van der Waals surface area contributed by atoms with E-state index in [1.54, 1.807) is 0 Å². The van der Waals surface area contributed by atoms with Crippen molar-refractivity contribution in [1.82, 2.24) is 9.55 Å². The Morgan fingerprint density at radius 1 is 1.27 bits per heavy atom. The van der Waals surface area contributed by atoms with Gasteiger partial charge >= 0.3 is 18.2 Å². The van der Waals surface area contributed by atoms with Crippen molar-refractivity contribution < 1.29 is 32.3 Å². The monoisotopic (exact) mass is 371 g/mol. The number of rotatable bonds is 3. The van der Waals surface area contributed by atoms with Gasteiger partial charge in [-0.25, -0.2) is 0 Å². The zero-order chi connectivity index (χ0) is 18.5. The predicted octanol–water partition coefficient (Wildman–Crippen LogP) is 2.98. The molecule has 2 aliphatic rings. The second kappa shape index (κ2) is 5.87. The first kappa shape index (κ1) is 16.6. The van der Waals surface area contributed by atoms with E-state index < -0.39 is 11.3 Å². The molecule has 1 aromatic carbocycles. The molecular weight excluding hydrogens is 359 g/mol. The van der Waals surface area contributed by atoms with Gasteiger partial charge in [-0.1, -0.05) is 12.1 Å². The molecule has 0 saturated carbocycles. The van der Waals surface area contributed by atoms with Crippen molar-refractivity contribution >= 4 is 5.82 Å². The van der Waals surface area contributed by atoms with Gasteiger partial charge in [0.15, 0.2) is 0 Å². The van der Waals surface area contributed by atoms with Crippen LogP contribution in [0.5, 0.6) is 11.8 Å². The zero-order valence-electron chi connectivity index (χ0n) is 13.0. The molecule has 0 N–H and O–H groups in total. The SMILES string of the molecule is O=[N+]([O-])c1cn2c(n1)O[C@H]1C[C@H](c3ccc(OC(F)(F)F)cc3)O[C@H]1C2. The van der Waals surface area contributed by atoms with Crippen LogP contribution in [0.25, 0.3) is 0 Å². The summed E-state index contributed by atoms with van der Waals surface area (Å²) in [5.41, 5.74) is 0.696. The third-order valence-corrected chi connectivity index (χ3v) is 4.23. The van der Waals surface area contributed by atoms with Gasteiger partial charge in [-0.3, -0.25) is 4.57 Å². The number of ether oxygens (including phenoxy) is 3. The van der Waals surface area contributed by atoms with Gasteiger partial charge < -0.3 is 24.3 Å². The first-order valence-corrected chi connectivity index (χ1v) is 7.68. The van der Waals surface area contributed by atoms with Crippen LogP contribution in [0, 0.1) is 10.1 Å². The van der Waals surface area contributed by atoms with Crippen molar-refractivity contribution in [3.05, 3.63) is 46.1 Å². The lowest BCUT2D eigenvalue weighted by molar-refractivity contribution is -0.389. The summed E-state index contributed by atoms with van der Waals surface area (Å²) in [6.45, 7) is 0.354. The molecule has 2 aliphatic heterocycles. The molecule has 0 aliphatic carbocycles. The number of aromatic nitrogens is 2. The summed E-state index contributed by atoms with van der Waals surface area (Å²) in [5, 5.41) is 10.8. The smallest absolute Gasteiger partial charge is 0.440 e. The third-order valence-electron chi connectivity index (χ3n) is 4.23. The van der Waals surface area contributed by atoms with Crippen molar-refractivity contribution in [2.24, 2.45) is 0 Å². The molecule has 3 heterocycles. The summed E-state index contributed by atoms with van der Waals surface area (Å²) in [7, 11) is 0. The van der Waals surface area contributed by atoms with Crippen LogP contribution in [0.1, 0.15) is 18.1 Å². The maximum Gasteiger partial charge on any atom is 0.573 e. The molecule has 26 heavy (non-hydrogen) atoms. The molecule has 11 heteroatoms. The number of alkyl halides is 3. The van der Waals surface area contributed by atoms with Crippen molar-refractivity contribution in [3.8, 4) is 11.8 Å². The van der Waals surface area contributed by atoms with Crippen LogP contribution in [-0.4, -0.2) is 33.0 Å². The molecule has 2 aromatic rings. The van der Waals surface area contributed by atoms with Gasteiger partial charge in [0.1, 0.15) is 24.2 Å². The number of halogens is 3. The topological polar surface area (TPSA) is 88.7 Å². The lowest BCUT2D eigenvalue weighted by atomic mass is 10.0. The Kier molecular flexibility index (Phi) is 3.75. The maximum atomic E-state index is 12.2. The third kappa shape index (κ3) is 3.17. The van der Waals surface area contributed by atoms with Crippen LogP contribution in [0.15, 0.2) is 30.5 Å². The van der Waals surface area contributed by atoms with Crippen LogP contribution in [-0.2, 0) is 11.3 Å². The Hall–Kier alpha value is -2.82. The first-order valence-electron chi connectivity index (χ1n) is 7.68. The predicted molar refractivity (Wildman–Crippen MR) is 78.7 cm³/mol. The standard InChI is InChI=1S/C15H12F3N3O5/c16-15(17,18)26-9-3-1-8(2-4-9)10-5-11-12(24-10)6-20-7-13(21(22)23)19-14(20)25-11/h1-4,7,10-12H,5-6H2/t10-,11+,12+/m1/s1. The molecule has 1 saturated heterocycles. The van der Waals surface area contributed by atoms with E-state index in [1.165, 1.54) is 35.0 Å². The molecular formula is C15H12F3N3O5. The quantitative estimate of drug-likeness (QED) is 0.609. The van der Waals surface area contributed by atoms with Crippen molar-refractivity contribution in [3.63, 3.8) is 0 Å². The molecule has 8 nitrogen and oxygen atoms in total. The van der Waals surface area contributed by atoms with Crippen LogP contribution >= 0.6 is 0 Å². The summed E-state index contributed by atoms with van der Waals surface area (Å²) in [4.78, 5) is 14.0. The van der Waals surface area contributed by atoms with Crippen LogP contribution < -0.4 is 9.47 Å². The summed E-state index contributed by atoms with van der Waals surface area (Å²) in [5.74, 6) is -0.600. The second-order valence-corrected chi connectivity index (χ2v) is 5.96. The second-order valence-electron chi connectivity index (χ2n) is 5.96. The van der Waals surface area contributed by atoms with E-state index in [0.29, 0.717) is 18.5 Å². The summed E-state index contributed by atoms with van der Waals surface area (Å²) >= 11 is 0. The normalized spacial score (nSPS) is 24.5. The Labute approximate surface area is 144 Å². The lowest BCUT2D eigenvalue weighted by Gasteiger charge is -2.23. The number of nitrogens with zero attached hydrogens (tertiary/aromatic N) is 3. The largest absolute Gasteiger partial charge is 0.573 e. The molecule has 138 valence electrons. The Balaban J connectivity index is 1.45. The zero-order valence-corrected chi connectivity index (χ0v) is 13.0. The average Bonchev–Trinajstić information content (AvgIpc) is 3.14. The maximum absolute atomic E-state index is 12.2. The number of benzene rings is 1. The number of hydrogen-bond acceptors (Lipinski definition) is 6. The van der Waals surface area contributed by atoms with Gasteiger partial charge in [0.25, 0.3) is 0 Å². The van der Waals surface area contributed by atoms with Crippen molar-refractivity contribution in [1.29, 1.82) is 0 Å². The Bertz CT molecular complexity index is 805. The molecule has 0 spiro atoms. The number of fused-ring (bicyclic) bond motifs is 2. The van der Waals surface area contributed by atoms with Gasteiger partial charge in [0.05, 0.1) is 12.6 Å². The average molecular weight is 371 g/mol. The highest BCUT2D eigenvalue weighted by molar-refractivity contribution is 5.30. The molecule has 0 amide bonds. The Morgan fingerprint density at radius 2 is 2.00 bits per heavy atom. The van der Waals surface area contributed by atoms with E-state index >= 15 is 0 Å². The van der Waals surface area contributed by atoms with Gasteiger partial charge in [-0.2, -0.15) is 0 Å². The van der Waals surface area contributed by atoms with E-state index in [1.807, 2.05) is 0 Å². The summed E-state index contributed by atoms with van der Waals surface area (Å²) in [6, 6.07) is 5.63. The molecule has 4 rings (SSSR count). The van der Waals surface area contributed by atoms with E-state index in [4.69, 9.17) is 9.47 Å². The van der Waals surface area contributed by atoms with E-state index in [-0.39, 0.29) is 35.9 Å². The van der Waals surface area contributed by atoms with Crippen LogP contribution in [0.2, 0.25) is 0 Å². The molecule has 0 bridgehead atoms. The van der Waals surface area contributed by atoms with E-state index in [0.717, 1.165) is 0 Å². The van der Waals surface area contributed by atoms with Gasteiger partial charge in [-0.05, 0) is 22.6 Å².